The number of hydrogen-bond donors (Lipinski definition) is 3. The molecule has 5 rings (SSSR count). The molecule has 0 radical (unpaired) electrons. The molecule has 35 heavy (non-hydrogen) atoms. The standard InChI is InChI=1S/C27H30N2O6/c30-23(29-14-13-27(34,17-29)24(31)32)15-26(11-5-6-12-26)28-25(33)35-16-22-20-9-3-1-7-18(20)19-8-2-4-10-21(19)22/h1-4,7-10,22,34H,5-6,11-17H2,(H,28,33)(H,31,32). The number of benzene rings is 2. The molecule has 2 fully saturated rings. The molecule has 2 aromatic rings. The van der Waals surface area contributed by atoms with Gasteiger partial charge in [0.05, 0.1) is 18.5 Å². The Morgan fingerprint density at radius 3 is 2.14 bits per heavy atom. The van der Waals surface area contributed by atoms with E-state index in [0.717, 1.165) is 35.1 Å². The van der Waals surface area contributed by atoms with Crippen LogP contribution in [0.5, 0.6) is 0 Å². The molecule has 2 amide bonds. The monoisotopic (exact) mass is 478 g/mol. The lowest BCUT2D eigenvalue weighted by atomic mass is 9.92. The van der Waals surface area contributed by atoms with Crippen molar-refractivity contribution in [2.45, 2.75) is 55.6 Å². The zero-order chi connectivity index (χ0) is 24.6. The van der Waals surface area contributed by atoms with E-state index in [9.17, 15) is 24.6 Å². The van der Waals surface area contributed by atoms with Crippen LogP contribution in [-0.4, -0.2) is 63.9 Å². The summed E-state index contributed by atoms with van der Waals surface area (Å²) >= 11 is 0. The van der Waals surface area contributed by atoms with Crippen molar-refractivity contribution < 1.29 is 29.3 Å². The van der Waals surface area contributed by atoms with Gasteiger partial charge in [0.1, 0.15) is 6.61 Å². The Morgan fingerprint density at radius 1 is 0.971 bits per heavy atom. The van der Waals surface area contributed by atoms with Crippen LogP contribution in [0.1, 0.15) is 55.6 Å². The Labute approximate surface area is 203 Å². The second-order valence-corrected chi connectivity index (χ2v) is 10.0. The number of carbonyl (C=O) groups excluding carboxylic acids is 2. The van der Waals surface area contributed by atoms with E-state index in [1.807, 2.05) is 24.3 Å². The smallest absolute Gasteiger partial charge is 0.407 e. The summed E-state index contributed by atoms with van der Waals surface area (Å²) in [4.78, 5) is 38.6. The van der Waals surface area contributed by atoms with Crippen molar-refractivity contribution in [3.05, 3.63) is 59.7 Å². The number of aliphatic hydroxyl groups is 1. The maximum Gasteiger partial charge on any atom is 0.407 e. The molecule has 1 saturated heterocycles. The molecule has 8 nitrogen and oxygen atoms in total. The Balaban J connectivity index is 1.23. The minimum atomic E-state index is -1.90. The molecule has 1 atom stereocenters. The molecule has 3 aliphatic rings. The minimum absolute atomic E-state index is 0.000873. The van der Waals surface area contributed by atoms with E-state index in [-0.39, 0.29) is 44.4 Å². The Morgan fingerprint density at radius 2 is 1.57 bits per heavy atom. The zero-order valence-corrected chi connectivity index (χ0v) is 19.5. The van der Waals surface area contributed by atoms with Crippen molar-refractivity contribution in [2.75, 3.05) is 19.7 Å². The number of nitrogens with zero attached hydrogens (tertiary/aromatic N) is 1. The SMILES string of the molecule is O=C(NC1(CC(=O)N2CCC(O)(C(=O)O)C2)CCCC1)OCC1c2ccccc2-c2ccccc21. The number of ether oxygens (including phenoxy) is 1. The fourth-order valence-electron chi connectivity index (χ4n) is 5.83. The van der Waals surface area contributed by atoms with Crippen LogP contribution in [0.4, 0.5) is 4.79 Å². The number of nitrogens with one attached hydrogen (secondary N) is 1. The lowest BCUT2D eigenvalue weighted by molar-refractivity contribution is -0.157. The second-order valence-electron chi connectivity index (χ2n) is 10.0. The van der Waals surface area contributed by atoms with Crippen molar-refractivity contribution in [2.24, 2.45) is 0 Å². The number of carbonyl (C=O) groups is 3. The average molecular weight is 479 g/mol. The number of carboxylic acid groups (broad SMARTS) is 1. The zero-order valence-electron chi connectivity index (χ0n) is 19.5. The minimum Gasteiger partial charge on any atom is -0.479 e. The highest BCUT2D eigenvalue weighted by Gasteiger charge is 2.46. The maximum atomic E-state index is 13.0. The lowest BCUT2D eigenvalue weighted by Crippen LogP contribution is -2.51. The van der Waals surface area contributed by atoms with E-state index in [2.05, 4.69) is 29.6 Å². The summed E-state index contributed by atoms with van der Waals surface area (Å²) in [5.74, 6) is -1.63. The molecular formula is C27H30N2O6. The number of β-amino-alcohol motifs (C(OH)–C–C–N with tert-alkyl or cyclic N) is 1. The third-order valence-corrected chi connectivity index (χ3v) is 7.76. The number of alkyl carbamates (subject to hydrolysis) is 1. The third-order valence-electron chi connectivity index (χ3n) is 7.76. The third kappa shape index (κ3) is 4.38. The fourth-order valence-corrected chi connectivity index (χ4v) is 5.83. The largest absolute Gasteiger partial charge is 0.479 e. The summed E-state index contributed by atoms with van der Waals surface area (Å²) < 4.78 is 5.71. The molecule has 8 heteroatoms. The van der Waals surface area contributed by atoms with E-state index >= 15 is 0 Å². The Bertz CT molecular complexity index is 1110. The Hall–Kier alpha value is -3.39. The van der Waals surface area contributed by atoms with E-state index < -0.39 is 23.2 Å². The predicted molar refractivity (Wildman–Crippen MR) is 128 cm³/mol. The van der Waals surface area contributed by atoms with Gasteiger partial charge in [0.25, 0.3) is 0 Å². The molecule has 0 aromatic heterocycles. The van der Waals surface area contributed by atoms with Crippen molar-refractivity contribution >= 4 is 18.0 Å². The van der Waals surface area contributed by atoms with Crippen LogP contribution < -0.4 is 5.32 Å². The molecule has 3 N–H and O–H groups in total. The quantitative estimate of drug-likeness (QED) is 0.587. The first-order valence-electron chi connectivity index (χ1n) is 12.2. The topological polar surface area (TPSA) is 116 Å². The number of aliphatic carboxylic acids is 1. The van der Waals surface area contributed by atoms with Gasteiger partial charge >= 0.3 is 12.1 Å². The van der Waals surface area contributed by atoms with Crippen molar-refractivity contribution in [1.82, 2.24) is 10.2 Å². The molecule has 0 bridgehead atoms. The van der Waals surface area contributed by atoms with Crippen molar-refractivity contribution in [1.29, 1.82) is 0 Å². The van der Waals surface area contributed by atoms with Gasteiger partial charge in [0.2, 0.25) is 5.91 Å². The summed E-state index contributed by atoms with van der Waals surface area (Å²) in [6, 6.07) is 16.3. The summed E-state index contributed by atoms with van der Waals surface area (Å²) in [6.45, 7) is 0.145. The number of amides is 2. The van der Waals surface area contributed by atoms with E-state index in [4.69, 9.17) is 4.74 Å². The highest BCUT2D eigenvalue weighted by Crippen LogP contribution is 2.44. The molecular weight excluding hydrogens is 448 g/mol. The molecule has 2 aliphatic carbocycles. The van der Waals surface area contributed by atoms with Crippen molar-refractivity contribution in [3.63, 3.8) is 0 Å². The van der Waals surface area contributed by atoms with Gasteiger partial charge in [-0.2, -0.15) is 0 Å². The van der Waals surface area contributed by atoms with Gasteiger partial charge < -0.3 is 25.2 Å². The summed E-state index contributed by atoms with van der Waals surface area (Å²) in [5, 5.41) is 22.4. The van der Waals surface area contributed by atoms with Crippen LogP contribution in [0, 0.1) is 0 Å². The number of likely N-dealkylation sites (tertiary alicyclic amines) is 1. The van der Waals surface area contributed by atoms with E-state index in [0.29, 0.717) is 12.8 Å². The highest BCUT2D eigenvalue weighted by molar-refractivity contribution is 5.83. The van der Waals surface area contributed by atoms with Gasteiger partial charge in [-0.3, -0.25) is 4.79 Å². The fraction of sp³-hybridized carbons (Fsp3) is 0.444. The molecule has 1 unspecified atom stereocenters. The van der Waals surface area contributed by atoms with Gasteiger partial charge in [-0.25, -0.2) is 9.59 Å². The van der Waals surface area contributed by atoms with Crippen LogP contribution in [0.2, 0.25) is 0 Å². The van der Waals surface area contributed by atoms with Crippen molar-refractivity contribution in [3.8, 4) is 11.1 Å². The van der Waals surface area contributed by atoms with Crippen LogP contribution in [0.25, 0.3) is 11.1 Å². The molecule has 1 aliphatic heterocycles. The summed E-state index contributed by atoms with van der Waals surface area (Å²) in [7, 11) is 0. The average Bonchev–Trinajstić information content (AvgIpc) is 3.55. The first-order chi connectivity index (χ1) is 16.8. The molecule has 1 heterocycles. The van der Waals surface area contributed by atoms with Gasteiger partial charge in [0, 0.05) is 18.9 Å². The number of hydrogen-bond acceptors (Lipinski definition) is 5. The number of carboxylic acids is 1. The van der Waals surface area contributed by atoms with E-state index in [1.54, 1.807) is 0 Å². The molecule has 184 valence electrons. The first kappa shape index (κ1) is 23.4. The van der Waals surface area contributed by atoms with Gasteiger partial charge in [-0.15, -0.1) is 0 Å². The summed E-state index contributed by atoms with van der Waals surface area (Å²) in [6.07, 6.45) is 2.59. The second kappa shape index (κ2) is 9.00. The van der Waals surface area contributed by atoms with Gasteiger partial charge in [-0.1, -0.05) is 61.4 Å². The first-order valence-corrected chi connectivity index (χ1v) is 12.2. The molecule has 0 spiro atoms. The predicted octanol–water partition coefficient (Wildman–Crippen LogP) is 3.28. The Kier molecular flexibility index (Phi) is 6.01. The van der Waals surface area contributed by atoms with Gasteiger partial charge in [-0.05, 0) is 35.1 Å². The van der Waals surface area contributed by atoms with Crippen LogP contribution >= 0.6 is 0 Å². The van der Waals surface area contributed by atoms with Crippen LogP contribution in [0.15, 0.2) is 48.5 Å². The van der Waals surface area contributed by atoms with Gasteiger partial charge in [0.15, 0.2) is 5.60 Å². The molecule has 2 aromatic carbocycles. The summed E-state index contributed by atoms with van der Waals surface area (Å²) in [5.41, 5.74) is 1.95. The highest BCUT2D eigenvalue weighted by atomic mass is 16.5. The maximum absolute atomic E-state index is 13.0. The van der Waals surface area contributed by atoms with Crippen LogP contribution in [0.3, 0.4) is 0 Å². The van der Waals surface area contributed by atoms with E-state index in [1.165, 1.54) is 4.90 Å². The molecule has 1 saturated carbocycles. The lowest BCUT2D eigenvalue weighted by Gasteiger charge is -2.31. The normalized spacial score (nSPS) is 22.5. The van der Waals surface area contributed by atoms with Crippen LogP contribution in [-0.2, 0) is 14.3 Å². The number of rotatable bonds is 6. The number of fused-ring (bicyclic) bond motifs is 3.